The summed E-state index contributed by atoms with van der Waals surface area (Å²) in [6, 6.07) is 0. The number of carboxylic acids is 1. The standard InChI is InChI=1S/C8H7F2NO4/c1-15-5-3(6(9)10)2-11-7(12)4(5)8(13)14/h2,6H,1H3,(H,11,12)(H,13,14). The van der Waals surface area contributed by atoms with Crippen molar-refractivity contribution < 1.29 is 23.4 Å². The van der Waals surface area contributed by atoms with Gasteiger partial charge in [0.2, 0.25) is 0 Å². The van der Waals surface area contributed by atoms with Gasteiger partial charge in [-0.05, 0) is 0 Å². The fourth-order valence-corrected chi connectivity index (χ4v) is 1.10. The molecule has 0 atom stereocenters. The third-order valence-corrected chi connectivity index (χ3v) is 1.73. The Hall–Kier alpha value is -1.92. The van der Waals surface area contributed by atoms with Crippen LogP contribution < -0.4 is 10.3 Å². The van der Waals surface area contributed by atoms with Crippen molar-refractivity contribution in [3.05, 3.63) is 27.7 Å². The SMILES string of the molecule is COc1c(C(F)F)c[nH]c(=O)c1C(=O)O. The molecule has 1 aromatic heterocycles. The quantitative estimate of drug-likeness (QED) is 0.795. The maximum atomic E-state index is 12.4. The summed E-state index contributed by atoms with van der Waals surface area (Å²) in [6.07, 6.45) is -2.19. The number of carbonyl (C=O) groups is 1. The number of nitrogens with one attached hydrogen (secondary N) is 1. The van der Waals surface area contributed by atoms with E-state index in [4.69, 9.17) is 5.11 Å². The number of methoxy groups -OCH3 is 1. The first-order valence-electron chi connectivity index (χ1n) is 3.80. The van der Waals surface area contributed by atoms with Crippen LogP contribution in [0.5, 0.6) is 5.75 Å². The van der Waals surface area contributed by atoms with E-state index in [1.807, 2.05) is 4.98 Å². The molecule has 1 aromatic rings. The van der Waals surface area contributed by atoms with Crippen molar-refractivity contribution in [2.45, 2.75) is 6.43 Å². The number of hydrogen-bond donors (Lipinski definition) is 2. The summed E-state index contributed by atoms with van der Waals surface area (Å²) in [5, 5.41) is 8.64. The van der Waals surface area contributed by atoms with Gasteiger partial charge in [0, 0.05) is 6.20 Å². The summed E-state index contributed by atoms with van der Waals surface area (Å²) in [4.78, 5) is 23.6. The van der Waals surface area contributed by atoms with E-state index >= 15 is 0 Å². The van der Waals surface area contributed by atoms with Crippen molar-refractivity contribution >= 4 is 5.97 Å². The second kappa shape index (κ2) is 4.07. The molecule has 82 valence electrons. The predicted octanol–water partition coefficient (Wildman–Crippen LogP) is 1.02. The van der Waals surface area contributed by atoms with Crippen molar-refractivity contribution in [1.29, 1.82) is 0 Å². The maximum Gasteiger partial charge on any atom is 0.345 e. The van der Waals surface area contributed by atoms with Crippen LogP contribution in [0.4, 0.5) is 8.78 Å². The van der Waals surface area contributed by atoms with Crippen LogP contribution in [-0.2, 0) is 0 Å². The third kappa shape index (κ3) is 1.95. The number of alkyl halides is 2. The predicted molar refractivity (Wildman–Crippen MR) is 45.5 cm³/mol. The van der Waals surface area contributed by atoms with Crippen molar-refractivity contribution in [2.75, 3.05) is 7.11 Å². The van der Waals surface area contributed by atoms with E-state index in [1.54, 1.807) is 0 Å². The van der Waals surface area contributed by atoms with Crippen molar-refractivity contribution in [3.8, 4) is 5.75 Å². The third-order valence-electron chi connectivity index (χ3n) is 1.73. The molecule has 0 aliphatic rings. The highest BCUT2D eigenvalue weighted by Gasteiger charge is 2.23. The molecule has 0 saturated heterocycles. The molecule has 1 rings (SSSR count). The highest BCUT2D eigenvalue weighted by molar-refractivity contribution is 5.90. The van der Waals surface area contributed by atoms with Gasteiger partial charge in [0.25, 0.3) is 12.0 Å². The Morgan fingerprint density at radius 1 is 1.60 bits per heavy atom. The molecule has 0 bridgehead atoms. The van der Waals surface area contributed by atoms with Gasteiger partial charge in [-0.2, -0.15) is 0 Å². The zero-order valence-electron chi connectivity index (χ0n) is 7.58. The van der Waals surface area contributed by atoms with Gasteiger partial charge in [0.1, 0.15) is 5.75 Å². The fraction of sp³-hybridized carbons (Fsp3) is 0.250. The Bertz CT molecular complexity index is 441. The number of aromatic carboxylic acids is 1. The Labute approximate surface area is 82.3 Å². The molecular formula is C8H7F2NO4. The second-order valence-electron chi connectivity index (χ2n) is 2.59. The molecule has 2 N–H and O–H groups in total. The molecule has 15 heavy (non-hydrogen) atoms. The number of ether oxygens (including phenoxy) is 1. The number of pyridine rings is 1. The maximum absolute atomic E-state index is 12.4. The van der Waals surface area contributed by atoms with Crippen LogP contribution >= 0.6 is 0 Å². The van der Waals surface area contributed by atoms with Crippen molar-refractivity contribution in [2.24, 2.45) is 0 Å². The van der Waals surface area contributed by atoms with Crippen molar-refractivity contribution in [3.63, 3.8) is 0 Å². The smallest absolute Gasteiger partial charge is 0.345 e. The van der Waals surface area contributed by atoms with Gasteiger partial charge in [-0.15, -0.1) is 0 Å². The summed E-state index contributed by atoms with van der Waals surface area (Å²) >= 11 is 0. The summed E-state index contributed by atoms with van der Waals surface area (Å²) < 4.78 is 29.3. The first-order valence-corrected chi connectivity index (χ1v) is 3.80. The lowest BCUT2D eigenvalue weighted by molar-refractivity contribution is 0.0690. The largest absolute Gasteiger partial charge is 0.495 e. The molecule has 0 spiro atoms. The Kier molecular flexibility index (Phi) is 3.03. The summed E-state index contributed by atoms with van der Waals surface area (Å²) in [5.74, 6) is -2.23. The van der Waals surface area contributed by atoms with E-state index in [0.717, 1.165) is 13.3 Å². The number of hydrogen-bond acceptors (Lipinski definition) is 3. The summed E-state index contributed by atoms with van der Waals surface area (Å²) in [6.45, 7) is 0. The average Bonchev–Trinajstić information content (AvgIpc) is 2.15. The number of rotatable bonds is 3. The topological polar surface area (TPSA) is 79.4 Å². The van der Waals surface area contributed by atoms with Crippen LogP contribution in [0, 0.1) is 0 Å². The Balaban J connectivity index is 3.54. The van der Waals surface area contributed by atoms with Crippen LogP contribution in [0.3, 0.4) is 0 Å². The van der Waals surface area contributed by atoms with E-state index in [-0.39, 0.29) is 0 Å². The highest BCUT2D eigenvalue weighted by atomic mass is 19.3. The Morgan fingerprint density at radius 2 is 2.20 bits per heavy atom. The van der Waals surface area contributed by atoms with Gasteiger partial charge in [-0.1, -0.05) is 0 Å². The lowest BCUT2D eigenvalue weighted by Gasteiger charge is -2.09. The molecule has 0 aliphatic heterocycles. The van der Waals surface area contributed by atoms with Gasteiger partial charge in [-0.25, -0.2) is 13.6 Å². The zero-order valence-corrected chi connectivity index (χ0v) is 7.58. The molecule has 0 unspecified atom stereocenters. The molecule has 7 heteroatoms. The van der Waals surface area contributed by atoms with Gasteiger partial charge in [-0.3, -0.25) is 4.79 Å². The molecule has 1 heterocycles. The molecule has 5 nitrogen and oxygen atoms in total. The molecular weight excluding hydrogens is 212 g/mol. The molecule has 0 aliphatic carbocycles. The van der Waals surface area contributed by atoms with Crippen LogP contribution in [0.25, 0.3) is 0 Å². The van der Waals surface area contributed by atoms with Gasteiger partial charge < -0.3 is 14.8 Å². The van der Waals surface area contributed by atoms with E-state index < -0.39 is 34.8 Å². The average molecular weight is 219 g/mol. The van der Waals surface area contributed by atoms with Crippen LogP contribution in [0.2, 0.25) is 0 Å². The fourth-order valence-electron chi connectivity index (χ4n) is 1.10. The molecule has 0 radical (unpaired) electrons. The lowest BCUT2D eigenvalue weighted by atomic mass is 10.1. The minimum absolute atomic E-state index is 0.610. The molecule has 0 amide bonds. The molecule has 0 fully saturated rings. The first kappa shape index (κ1) is 11.2. The number of aromatic amines is 1. The summed E-state index contributed by atoms with van der Waals surface area (Å²) in [7, 11) is 1.02. The van der Waals surface area contributed by atoms with Crippen LogP contribution in [0.15, 0.2) is 11.0 Å². The van der Waals surface area contributed by atoms with Gasteiger partial charge >= 0.3 is 5.97 Å². The zero-order chi connectivity index (χ0) is 11.6. The highest BCUT2D eigenvalue weighted by Crippen LogP contribution is 2.29. The minimum Gasteiger partial charge on any atom is -0.495 e. The van der Waals surface area contributed by atoms with E-state index in [1.165, 1.54) is 0 Å². The molecule has 0 aromatic carbocycles. The lowest BCUT2D eigenvalue weighted by Crippen LogP contribution is -2.20. The minimum atomic E-state index is -2.92. The van der Waals surface area contributed by atoms with E-state index in [0.29, 0.717) is 0 Å². The number of aromatic nitrogens is 1. The monoisotopic (exact) mass is 219 g/mol. The van der Waals surface area contributed by atoms with E-state index in [9.17, 15) is 18.4 Å². The summed E-state index contributed by atoms with van der Waals surface area (Å²) in [5.41, 5.74) is -2.46. The number of halogens is 2. The first-order chi connectivity index (χ1) is 6.99. The van der Waals surface area contributed by atoms with Gasteiger partial charge in [0.15, 0.2) is 5.56 Å². The normalized spacial score (nSPS) is 10.4. The van der Waals surface area contributed by atoms with E-state index in [2.05, 4.69) is 4.74 Å². The van der Waals surface area contributed by atoms with Crippen LogP contribution in [-0.4, -0.2) is 23.2 Å². The van der Waals surface area contributed by atoms with Crippen molar-refractivity contribution in [1.82, 2.24) is 4.98 Å². The van der Waals surface area contributed by atoms with Crippen LogP contribution in [0.1, 0.15) is 22.3 Å². The number of carboxylic acid groups (broad SMARTS) is 1. The Morgan fingerprint density at radius 3 is 2.60 bits per heavy atom. The molecule has 0 saturated carbocycles. The number of H-pyrrole nitrogens is 1. The second-order valence-corrected chi connectivity index (χ2v) is 2.59. The van der Waals surface area contributed by atoms with Gasteiger partial charge in [0.05, 0.1) is 12.7 Å².